The summed E-state index contributed by atoms with van der Waals surface area (Å²) >= 11 is 1.59. The molecule has 1 aromatic heterocycles. The molecule has 0 aliphatic heterocycles. The smallest absolute Gasteiger partial charge is 0.372 e. The van der Waals surface area contributed by atoms with Crippen LogP contribution in [0.25, 0.3) is 10.2 Å². The van der Waals surface area contributed by atoms with Gasteiger partial charge in [0, 0.05) is 18.8 Å². The van der Waals surface area contributed by atoms with E-state index in [9.17, 15) is 8.42 Å². The first kappa shape index (κ1) is 21.3. The minimum atomic E-state index is -4.38. The van der Waals surface area contributed by atoms with Crippen LogP contribution in [0, 0.1) is 0 Å². The summed E-state index contributed by atoms with van der Waals surface area (Å²) in [6, 6.07) is 15.8. The summed E-state index contributed by atoms with van der Waals surface area (Å²) in [6.45, 7) is 3.31. The largest absolute Gasteiger partial charge is 0.409 e. The fraction of sp³-hybridized carbons (Fsp3) is 0.316. The van der Waals surface area contributed by atoms with Crippen LogP contribution in [0.15, 0.2) is 58.8 Å². The van der Waals surface area contributed by atoms with E-state index in [-0.39, 0.29) is 6.61 Å². The number of para-hydroxylation sites is 1. The third kappa shape index (κ3) is 5.80. The molecular formula is C19H23N4O4S2+. The molecular weight excluding hydrogens is 412 g/mol. The van der Waals surface area contributed by atoms with Crippen LogP contribution in [-0.4, -0.2) is 32.7 Å². The summed E-state index contributed by atoms with van der Waals surface area (Å²) in [6.07, 6.45) is 0.470. The van der Waals surface area contributed by atoms with Crippen molar-refractivity contribution in [2.24, 2.45) is 17.3 Å². The number of benzene rings is 2. The van der Waals surface area contributed by atoms with E-state index in [1.165, 1.54) is 0 Å². The molecule has 10 heteroatoms. The monoisotopic (exact) mass is 435 g/mol. The summed E-state index contributed by atoms with van der Waals surface area (Å²) in [7, 11) is -2.41. The topological polar surface area (TPSA) is 95.4 Å². The van der Waals surface area contributed by atoms with Gasteiger partial charge in [-0.3, -0.25) is 4.55 Å². The Hall–Kier alpha value is -2.40. The molecule has 1 N–H and O–H groups in total. The van der Waals surface area contributed by atoms with Crippen molar-refractivity contribution in [3.8, 4) is 0 Å². The van der Waals surface area contributed by atoms with Crippen LogP contribution < -0.4 is 9.47 Å². The van der Waals surface area contributed by atoms with Gasteiger partial charge in [-0.05, 0) is 66.2 Å². The number of aryl methyl sites for hydroxylation is 1. The minimum Gasteiger partial charge on any atom is -0.372 e. The molecule has 29 heavy (non-hydrogen) atoms. The van der Waals surface area contributed by atoms with Gasteiger partial charge in [0.05, 0.1) is 23.5 Å². The molecule has 0 aliphatic rings. The van der Waals surface area contributed by atoms with Crippen LogP contribution in [0.1, 0.15) is 13.3 Å². The Morgan fingerprint density at radius 2 is 1.86 bits per heavy atom. The fourth-order valence-electron chi connectivity index (χ4n) is 2.90. The van der Waals surface area contributed by atoms with Crippen LogP contribution in [-0.2, 0) is 21.6 Å². The average molecular weight is 436 g/mol. The molecule has 154 valence electrons. The molecule has 8 nitrogen and oxygen atoms in total. The van der Waals surface area contributed by atoms with Crippen LogP contribution in [0.5, 0.6) is 0 Å². The van der Waals surface area contributed by atoms with Gasteiger partial charge in [-0.2, -0.15) is 8.42 Å². The molecule has 3 rings (SSSR count). The molecule has 0 bridgehead atoms. The fourth-order valence-corrected chi connectivity index (χ4v) is 4.20. The molecule has 0 saturated carbocycles. The first-order chi connectivity index (χ1) is 13.9. The van der Waals surface area contributed by atoms with Crippen molar-refractivity contribution in [3.63, 3.8) is 0 Å². The van der Waals surface area contributed by atoms with Crippen molar-refractivity contribution in [1.82, 2.24) is 0 Å². The lowest BCUT2D eigenvalue weighted by Gasteiger charge is -2.22. The number of aromatic nitrogens is 1. The predicted octanol–water partition coefficient (Wildman–Crippen LogP) is 4.18. The van der Waals surface area contributed by atoms with Crippen LogP contribution in [0.2, 0.25) is 0 Å². The van der Waals surface area contributed by atoms with Crippen LogP contribution in [0.3, 0.4) is 0 Å². The molecule has 3 aromatic rings. The van der Waals surface area contributed by atoms with Crippen LogP contribution >= 0.6 is 11.3 Å². The normalized spacial score (nSPS) is 12.1. The van der Waals surface area contributed by atoms with Gasteiger partial charge in [-0.25, -0.2) is 8.75 Å². The van der Waals surface area contributed by atoms with Crippen molar-refractivity contribution in [2.45, 2.75) is 13.3 Å². The van der Waals surface area contributed by atoms with E-state index in [1.807, 2.05) is 54.9 Å². The highest BCUT2D eigenvalue weighted by Crippen LogP contribution is 2.27. The number of azo groups is 1. The molecule has 0 radical (unpaired) electrons. The predicted molar refractivity (Wildman–Crippen MR) is 114 cm³/mol. The van der Waals surface area contributed by atoms with E-state index in [4.69, 9.17) is 4.55 Å². The van der Waals surface area contributed by atoms with Gasteiger partial charge in [0.2, 0.25) is 0 Å². The van der Waals surface area contributed by atoms with E-state index in [2.05, 4.69) is 31.4 Å². The number of fused-ring (bicyclic) bond motifs is 1. The van der Waals surface area contributed by atoms with Gasteiger partial charge in [-0.1, -0.05) is 12.1 Å². The molecule has 0 unspecified atom stereocenters. The maximum absolute atomic E-state index is 10.6. The van der Waals surface area contributed by atoms with Crippen molar-refractivity contribution >= 4 is 48.5 Å². The average Bonchev–Trinajstić information content (AvgIpc) is 3.02. The lowest BCUT2D eigenvalue weighted by molar-refractivity contribution is -0.627. The first-order valence-electron chi connectivity index (χ1n) is 9.13. The Labute approximate surface area is 174 Å². The molecule has 2 aromatic carbocycles. The second-order valence-corrected chi connectivity index (χ2v) is 8.41. The molecule has 0 saturated heterocycles. The quantitative estimate of drug-likeness (QED) is 0.235. The summed E-state index contributed by atoms with van der Waals surface area (Å²) < 4.78 is 37.3. The van der Waals surface area contributed by atoms with Gasteiger partial charge in [0.25, 0.3) is 0 Å². The van der Waals surface area contributed by atoms with Crippen molar-refractivity contribution in [3.05, 3.63) is 48.5 Å². The Morgan fingerprint density at radius 3 is 2.52 bits per heavy atom. The van der Waals surface area contributed by atoms with Gasteiger partial charge in [0.15, 0.2) is 0 Å². The van der Waals surface area contributed by atoms with Gasteiger partial charge in [-0.15, -0.1) is 0 Å². The summed E-state index contributed by atoms with van der Waals surface area (Å²) in [5, 5.41) is 9.55. The highest BCUT2D eigenvalue weighted by Gasteiger charge is 2.15. The molecule has 0 fully saturated rings. The highest BCUT2D eigenvalue weighted by molar-refractivity contribution is 7.80. The van der Waals surface area contributed by atoms with Gasteiger partial charge >= 0.3 is 15.5 Å². The third-order valence-electron chi connectivity index (χ3n) is 4.37. The zero-order valence-electron chi connectivity index (χ0n) is 16.2. The minimum absolute atomic E-state index is 0.0617. The summed E-state index contributed by atoms with van der Waals surface area (Å²) in [5.41, 5.74) is 2.86. The van der Waals surface area contributed by atoms with Gasteiger partial charge < -0.3 is 4.90 Å². The number of hydrogen-bond donors (Lipinski definition) is 1. The third-order valence-corrected chi connectivity index (χ3v) is 5.93. The van der Waals surface area contributed by atoms with E-state index < -0.39 is 10.4 Å². The lowest BCUT2D eigenvalue weighted by atomic mass is 10.2. The number of nitrogens with zero attached hydrogens (tertiary/aromatic N) is 4. The lowest BCUT2D eigenvalue weighted by Crippen LogP contribution is -2.25. The van der Waals surface area contributed by atoms with Crippen LogP contribution in [0.4, 0.5) is 16.5 Å². The van der Waals surface area contributed by atoms with Crippen molar-refractivity contribution < 1.29 is 21.7 Å². The van der Waals surface area contributed by atoms with E-state index in [1.54, 1.807) is 11.3 Å². The van der Waals surface area contributed by atoms with Gasteiger partial charge in [0.1, 0.15) is 11.2 Å². The van der Waals surface area contributed by atoms with Crippen molar-refractivity contribution in [2.75, 3.05) is 24.6 Å². The maximum atomic E-state index is 10.6. The van der Waals surface area contributed by atoms with E-state index in [0.29, 0.717) is 13.0 Å². The maximum Gasteiger partial charge on any atom is 0.409 e. The molecule has 0 spiro atoms. The van der Waals surface area contributed by atoms with E-state index in [0.717, 1.165) is 33.3 Å². The van der Waals surface area contributed by atoms with E-state index >= 15 is 0 Å². The molecule has 1 heterocycles. The SMILES string of the molecule is CCN(CCCOS(=O)(=O)O)c1ccc(N=Nc2sc3ccccc3[n+]2C)cc1. The Kier molecular flexibility index (Phi) is 6.91. The molecule has 0 aliphatic carbocycles. The Morgan fingerprint density at radius 1 is 1.14 bits per heavy atom. The Bertz CT molecular complexity index is 1100. The number of hydrogen-bond acceptors (Lipinski definition) is 7. The molecule has 0 amide bonds. The number of rotatable bonds is 9. The zero-order valence-corrected chi connectivity index (χ0v) is 17.9. The second kappa shape index (κ2) is 9.40. The second-order valence-electron chi connectivity index (χ2n) is 6.31. The first-order valence-corrected chi connectivity index (χ1v) is 11.3. The Balaban J connectivity index is 1.64. The standard InChI is InChI=1S/C19H22N4O4S2/c1-3-23(13-6-14-27-29(24,25)26)16-11-9-15(10-12-16)20-21-19-22(2)17-7-4-5-8-18(17)28-19/h4-5,7-12H,3,6,13-14H2,1-2H3/p+1. The van der Waals surface area contributed by atoms with Crippen molar-refractivity contribution in [1.29, 1.82) is 0 Å². The summed E-state index contributed by atoms with van der Waals surface area (Å²) in [4.78, 5) is 2.08. The summed E-state index contributed by atoms with van der Waals surface area (Å²) in [5.74, 6) is 0. The molecule has 0 atom stereocenters. The highest BCUT2D eigenvalue weighted by atomic mass is 32.3. The zero-order chi connectivity index (χ0) is 20.9. The number of anilines is 1. The number of thiazole rings is 1.